The molecule has 1 aromatic heterocycles. The molecule has 106 valence electrons. The van der Waals surface area contributed by atoms with Crippen molar-refractivity contribution in [3.05, 3.63) is 66.2 Å². The topological polar surface area (TPSA) is 22.4 Å². The van der Waals surface area contributed by atoms with Gasteiger partial charge < -0.3 is 9.15 Å². The van der Waals surface area contributed by atoms with E-state index in [0.29, 0.717) is 0 Å². The third-order valence-electron chi connectivity index (χ3n) is 3.58. The Morgan fingerprint density at radius 3 is 2.57 bits per heavy atom. The van der Waals surface area contributed by atoms with Gasteiger partial charge in [0.05, 0.1) is 7.11 Å². The van der Waals surface area contributed by atoms with Gasteiger partial charge in [-0.1, -0.05) is 12.1 Å². The number of hydrogen-bond acceptors (Lipinski definition) is 2. The summed E-state index contributed by atoms with van der Waals surface area (Å²) in [6.07, 6.45) is 2.72. The lowest BCUT2D eigenvalue weighted by Gasteiger charge is -2.01. The number of ether oxygens (including phenoxy) is 1. The molecule has 3 aromatic rings. The summed E-state index contributed by atoms with van der Waals surface area (Å²) in [5.74, 6) is 1.72. The van der Waals surface area contributed by atoms with Crippen molar-refractivity contribution in [1.82, 2.24) is 0 Å². The van der Waals surface area contributed by atoms with Gasteiger partial charge in [-0.25, -0.2) is 0 Å². The molecular weight excluding hydrogens is 260 g/mol. The van der Waals surface area contributed by atoms with Crippen LogP contribution in [0.3, 0.4) is 0 Å². The van der Waals surface area contributed by atoms with Crippen LogP contribution >= 0.6 is 0 Å². The zero-order chi connectivity index (χ0) is 14.8. The molecule has 0 aliphatic heterocycles. The van der Waals surface area contributed by atoms with E-state index in [1.54, 1.807) is 7.11 Å². The van der Waals surface area contributed by atoms with E-state index in [2.05, 4.69) is 31.7 Å². The van der Waals surface area contributed by atoms with Crippen LogP contribution in [0.5, 0.6) is 5.75 Å². The van der Waals surface area contributed by atoms with Crippen molar-refractivity contribution in [2.75, 3.05) is 7.11 Å². The maximum atomic E-state index is 6.08. The normalized spacial score (nSPS) is 10.8. The van der Waals surface area contributed by atoms with Crippen molar-refractivity contribution < 1.29 is 9.15 Å². The van der Waals surface area contributed by atoms with Crippen LogP contribution in [0.2, 0.25) is 0 Å². The van der Waals surface area contributed by atoms with Crippen molar-refractivity contribution >= 4 is 11.0 Å². The van der Waals surface area contributed by atoms with E-state index in [0.717, 1.165) is 34.5 Å². The molecule has 0 radical (unpaired) electrons. The molecule has 2 heteroatoms. The first-order chi connectivity index (χ1) is 10.2. The molecule has 0 amide bonds. The number of fused-ring (bicyclic) bond motifs is 1. The second kappa shape index (κ2) is 5.49. The van der Waals surface area contributed by atoms with Crippen LogP contribution in [0, 0.1) is 6.92 Å². The van der Waals surface area contributed by atoms with Gasteiger partial charge >= 0.3 is 0 Å². The van der Waals surface area contributed by atoms with Crippen molar-refractivity contribution in [3.63, 3.8) is 0 Å². The lowest BCUT2D eigenvalue weighted by molar-refractivity contribution is 0.415. The van der Waals surface area contributed by atoms with Crippen molar-refractivity contribution in [2.24, 2.45) is 0 Å². The molecule has 3 rings (SSSR count). The summed E-state index contributed by atoms with van der Waals surface area (Å²) < 4.78 is 11.3. The molecule has 0 fully saturated rings. The molecule has 0 saturated heterocycles. The summed E-state index contributed by atoms with van der Waals surface area (Å²) in [6.45, 7) is 5.92. The predicted octanol–water partition coefficient (Wildman–Crippen LogP) is 5.15. The quantitative estimate of drug-likeness (QED) is 0.616. The Morgan fingerprint density at radius 1 is 1.14 bits per heavy atom. The average Bonchev–Trinajstić information content (AvgIpc) is 2.91. The molecule has 2 aromatic carbocycles. The van der Waals surface area contributed by atoms with Gasteiger partial charge in [0.2, 0.25) is 0 Å². The van der Waals surface area contributed by atoms with Crippen LogP contribution in [-0.4, -0.2) is 7.11 Å². The van der Waals surface area contributed by atoms with Crippen molar-refractivity contribution in [2.45, 2.75) is 13.3 Å². The summed E-state index contributed by atoms with van der Waals surface area (Å²) in [7, 11) is 1.67. The molecule has 0 unspecified atom stereocenters. The summed E-state index contributed by atoms with van der Waals surface area (Å²) >= 11 is 0. The Hall–Kier alpha value is -2.48. The highest BCUT2D eigenvalue weighted by Crippen LogP contribution is 2.32. The molecular formula is C19H18O2. The molecule has 0 N–H and O–H groups in total. The highest BCUT2D eigenvalue weighted by Gasteiger charge is 2.10. The minimum atomic E-state index is 0.813. The molecule has 0 aliphatic carbocycles. The highest BCUT2D eigenvalue weighted by atomic mass is 16.5. The zero-order valence-electron chi connectivity index (χ0n) is 12.3. The number of hydrogen-bond donors (Lipinski definition) is 0. The Kier molecular flexibility index (Phi) is 3.53. The third kappa shape index (κ3) is 2.57. The number of aryl methyl sites for hydroxylation is 1. The molecule has 21 heavy (non-hydrogen) atoms. The number of rotatable bonds is 4. The summed E-state index contributed by atoms with van der Waals surface area (Å²) in [4.78, 5) is 0. The Labute approximate surface area is 124 Å². The third-order valence-corrected chi connectivity index (χ3v) is 3.58. The van der Waals surface area contributed by atoms with Crippen LogP contribution in [0.25, 0.3) is 22.3 Å². The lowest BCUT2D eigenvalue weighted by atomic mass is 10.1. The number of methoxy groups -OCH3 is 1. The maximum absolute atomic E-state index is 6.08. The summed E-state index contributed by atoms with van der Waals surface area (Å²) in [5.41, 5.74) is 4.42. The second-order valence-electron chi connectivity index (χ2n) is 5.17. The molecule has 0 atom stereocenters. The molecule has 1 heterocycles. The minimum absolute atomic E-state index is 0.813. The molecule has 0 bridgehead atoms. The first-order valence-electron chi connectivity index (χ1n) is 6.99. The maximum Gasteiger partial charge on any atom is 0.138 e. The summed E-state index contributed by atoms with van der Waals surface area (Å²) in [6, 6.07) is 14.3. The molecule has 2 nitrogen and oxygen atoms in total. The van der Waals surface area contributed by atoms with Gasteiger partial charge in [0.25, 0.3) is 0 Å². The number of benzene rings is 2. The Bertz CT molecular complexity index is 779. The second-order valence-corrected chi connectivity index (χ2v) is 5.17. The number of allylic oxidation sites excluding steroid dienone is 1. The van der Waals surface area contributed by atoms with Crippen LogP contribution in [0.1, 0.15) is 11.1 Å². The standard InChI is InChI=1S/C19H18O2/c1-4-5-15-10-13(2)11-16-12-18(21-19(15)16)14-6-8-17(20-3)9-7-14/h4,6-12H,1,5H2,2-3H3. The fourth-order valence-corrected chi connectivity index (χ4v) is 2.60. The van der Waals surface area contributed by atoms with Crippen LogP contribution in [0.4, 0.5) is 0 Å². The minimum Gasteiger partial charge on any atom is -0.497 e. The summed E-state index contributed by atoms with van der Waals surface area (Å²) in [5, 5.41) is 1.14. The predicted molar refractivity (Wildman–Crippen MR) is 86.8 cm³/mol. The van der Waals surface area contributed by atoms with Gasteiger partial charge in [-0.05, 0) is 60.9 Å². The zero-order valence-corrected chi connectivity index (χ0v) is 12.3. The largest absolute Gasteiger partial charge is 0.497 e. The Morgan fingerprint density at radius 2 is 1.90 bits per heavy atom. The van der Waals surface area contributed by atoms with Crippen molar-refractivity contribution in [3.8, 4) is 17.1 Å². The Balaban J connectivity index is 2.11. The van der Waals surface area contributed by atoms with Gasteiger partial charge in [0.1, 0.15) is 17.1 Å². The van der Waals surface area contributed by atoms with Crippen LogP contribution < -0.4 is 4.74 Å². The van der Waals surface area contributed by atoms with E-state index >= 15 is 0 Å². The molecule has 0 saturated carbocycles. The average molecular weight is 278 g/mol. The van der Waals surface area contributed by atoms with Gasteiger partial charge in [-0.15, -0.1) is 6.58 Å². The SMILES string of the molecule is C=CCc1cc(C)cc2cc(-c3ccc(OC)cc3)oc12. The van der Waals surface area contributed by atoms with E-state index in [1.807, 2.05) is 30.3 Å². The fourth-order valence-electron chi connectivity index (χ4n) is 2.60. The molecule has 0 spiro atoms. The number of furan rings is 1. The van der Waals surface area contributed by atoms with Crippen LogP contribution in [-0.2, 0) is 6.42 Å². The van der Waals surface area contributed by atoms with Crippen molar-refractivity contribution in [1.29, 1.82) is 0 Å². The van der Waals surface area contributed by atoms with E-state index < -0.39 is 0 Å². The van der Waals surface area contributed by atoms with Gasteiger partial charge in [-0.3, -0.25) is 0 Å². The fraction of sp³-hybridized carbons (Fsp3) is 0.158. The van der Waals surface area contributed by atoms with Gasteiger partial charge in [-0.2, -0.15) is 0 Å². The first-order valence-corrected chi connectivity index (χ1v) is 6.99. The van der Waals surface area contributed by atoms with Gasteiger partial charge in [0.15, 0.2) is 0 Å². The van der Waals surface area contributed by atoms with E-state index in [1.165, 1.54) is 11.1 Å². The lowest BCUT2D eigenvalue weighted by Crippen LogP contribution is -1.83. The van der Waals surface area contributed by atoms with E-state index in [-0.39, 0.29) is 0 Å². The highest BCUT2D eigenvalue weighted by molar-refractivity contribution is 5.86. The first kappa shape index (κ1) is 13.5. The monoisotopic (exact) mass is 278 g/mol. The van der Waals surface area contributed by atoms with E-state index in [9.17, 15) is 0 Å². The van der Waals surface area contributed by atoms with E-state index in [4.69, 9.17) is 9.15 Å². The van der Waals surface area contributed by atoms with Gasteiger partial charge in [0, 0.05) is 10.9 Å². The molecule has 0 aliphatic rings. The smallest absolute Gasteiger partial charge is 0.138 e. The van der Waals surface area contributed by atoms with Crippen LogP contribution in [0.15, 0.2) is 59.5 Å².